The molecule has 0 aliphatic heterocycles. The molecule has 11 unspecified atom stereocenters. The van der Waals surface area contributed by atoms with Crippen molar-refractivity contribution in [1.82, 2.24) is 53.2 Å². The molecule has 2 aromatic rings. The summed E-state index contributed by atoms with van der Waals surface area (Å²) in [5.74, 6) is -16.8. The summed E-state index contributed by atoms with van der Waals surface area (Å²) in [7, 11) is 0. The zero-order valence-electron chi connectivity index (χ0n) is 59.0. The van der Waals surface area contributed by atoms with Gasteiger partial charge in [0.05, 0.1) is 18.9 Å². The number of carboxylic acids is 2. The quantitative estimate of drug-likeness (QED) is 0.0167. The van der Waals surface area contributed by atoms with Gasteiger partial charge in [0.2, 0.25) is 70.9 Å². The highest BCUT2D eigenvalue weighted by atomic mass is 32.2. The highest BCUT2D eigenvalue weighted by molar-refractivity contribution is 7.98. The van der Waals surface area contributed by atoms with E-state index in [1.807, 2.05) is 0 Å². The number of thioether (sulfide) groups is 1. The topological polar surface area (TPSA) is 673 Å². The van der Waals surface area contributed by atoms with Crippen molar-refractivity contribution in [3.63, 3.8) is 0 Å². The number of aromatic hydroxyl groups is 2. The first-order valence-corrected chi connectivity index (χ1v) is 35.0. The molecular weight excluding hydrogens is 1380 g/mol. The first-order valence-electron chi connectivity index (χ1n) is 33.6. The van der Waals surface area contributed by atoms with E-state index in [4.69, 9.17) is 45.9 Å². The van der Waals surface area contributed by atoms with Gasteiger partial charge >= 0.3 is 11.9 Å². The Bertz CT molecular complexity index is 3280. The second-order valence-corrected chi connectivity index (χ2v) is 26.3. The predicted molar refractivity (Wildman–Crippen MR) is 383 cm³/mol. The SMILES string of the molecule is CSCCC(NC(=O)C(CCCCN)NC(=O)C(CCCN=C(N)N)NC(=O)C(CCCN=C(N)N)NC(=O)C(CC(N)=O)NC(=O)C(NC(=O)C(Cc1ccc(O)cc1)NC(=O)C(CC(=O)O)NC(=O)C(N)CC(C)C)C(C)C)C(=O)NC(Cc1ccc(O)cc1)C(=O)NC(CCC(N)=O)C(=O)O. The zero-order chi connectivity index (χ0) is 78.3. The molecule has 0 saturated heterocycles. The van der Waals surface area contributed by atoms with E-state index in [0.717, 1.165) is 0 Å². The third kappa shape index (κ3) is 35.4. The molecule has 12 amide bonds. The molecule has 0 aliphatic rings. The van der Waals surface area contributed by atoms with Crippen LogP contribution in [0.25, 0.3) is 0 Å². The lowest BCUT2D eigenvalue weighted by Crippen LogP contribution is -2.61. The number of amides is 12. The van der Waals surface area contributed by atoms with Gasteiger partial charge in [-0.1, -0.05) is 52.0 Å². The van der Waals surface area contributed by atoms with Crippen molar-refractivity contribution in [3.8, 4) is 11.5 Å². The van der Waals surface area contributed by atoms with Crippen molar-refractivity contribution < 1.29 is 87.5 Å². The lowest BCUT2D eigenvalue weighted by Gasteiger charge is -2.29. The Morgan fingerprint density at radius 1 is 0.433 bits per heavy atom. The van der Waals surface area contributed by atoms with Crippen LogP contribution in [0.4, 0.5) is 0 Å². The number of carbonyl (C=O) groups is 14. The Kier molecular flexibility index (Phi) is 40.3. The third-order valence-corrected chi connectivity index (χ3v) is 16.3. The average Bonchev–Trinajstić information content (AvgIpc) is 0.850. The Balaban J connectivity index is 2.64. The van der Waals surface area contributed by atoms with Crippen molar-refractivity contribution >= 4 is 107 Å². The number of guanidine groups is 2. The predicted octanol–water partition coefficient (Wildman–Crippen LogP) is -5.55. The van der Waals surface area contributed by atoms with E-state index in [9.17, 15) is 87.5 Å². The number of nitrogens with one attached hydrogen (secondary N) is 10. The van der Waals surface area contributed by atoms with Gasteiger partial charge in [-0.3, -0.25) is 72.3 Å². The number of rotatable bonds is 50. The largest absolute Gasteiger partial charge is 0.508 e. The van der Waals surface area contributed by atoms with E-state index in [1.165, 1.54) is 74.1 Å². The fourth-order valence-electron chi connectivity index (χ4n) is 10.2. The summed E-state index contributed by atoms with van der Waals surface area (Å²) in [6.45, 7) is 6.48. The van der Waals surface area contributed by atoms with E-state index >= 15 is 0 Å². The van der Waals surface area contributed by atoms with Gasteiger partial charge in [-0.25, -0.2) is 4.79 Å². The fraction of sp³-hybridized carbons (Fsp3) is 0.569. The molecule has 0 aromatic heterocycles. The number of phenols is 2. The van der Waals surface area contributed by atoms with Gasteiger partial charge in [0, 0.05) is 32.4 Å². The van der Waals surface area contributed by atoms with Crippen LogP contribution in [0.15, 0.2) is 58.5 Å². The Labute approximate surface area is 605 Å². The summed E-state index contributed by atoms with van der Waals surface area (Å²) in [6, 6.07) is -6.38. The Hall–Kier alpha value is -10.6. The molecule has 0 radical (unpaired) electrons. The number of hydrogen-bond donors (Lipinski definition) is 22. The number of aliphatic carboxylic acids is 2. The average molecular weight is 1490 g/mol. The van der Waals surface area contributed by atoms with Crippen LogP contribution in [0.2, 0.25) is 0 Å². The van der Waals surface area contributed by atoms with E-state index < -0.39 is 181 Å². The fourth-order valence-corrected chi connectivity index (χ4v) is 10.6. The van der Waals surface area contributed by atoms with Gasteiger partial charge in [-0.15, -0.1) is 0 Å². The van der Waals surface area contributed by atoms with Crippen molar-refractivity contribution in [2.24, 2.45) is 67.7 Å². The van der Waals surface area contributed by atoms with Gasteiger partial charge in [-0.05, 0) is 130 Å². The number of unbranched alkanes of at least 4 members (excludes halogenated alkanes) is 1. The molecule has 30 N–H and O–H groups in total. The van der Waals surface area contributed by atoms with Crippen LogP contribution in [-0.4, -0.2) is 213 Å². The summed E-state index contributed by atoms with van der Waals surface area (Å²) < 4.78 is 0. The van der Waals surface area contributed by atoms with Crippen molar-refractivity contribution in [2.75, 3.05) is 31.6 Å². The number of nitrogens with zero attached hydrogens (tertiary/aromatic N) is 2. The number of primary amides is 2. The standard InChI is InChI=1S/C65H104N20O18S/c1-33(2)28-39(67)53(92)81-48(32-51(90)91)60(99)83-46(30-36-15-19-38(87)20-16-36)61(100)85-52(34(3)4)62(101)84-47(31-50(69)89)59(98)78-42(12-9-26-75-65(72)73)56(95)77-41(11-8-25-74-64(70)71)55(94)76-40(10-6-7-24-66)54(93)79-43(23-27-104-5)57(96)82-45(29-35-13-17-37(86)18-14-35)58(97)80-44(63(102)103)21-22-49(68)88/h13-20,33-34,39-48,52,86-87H,6-12,21-32,66-67H2,1-5H3,(H2,68,88)(H2,69,89)(H,76,94)(H,77,95)(H,78,98)(H,79,93)(H,80,97)(H,81,92)(H,82,96)(H,83,99)(H,84,101)(H,85,100)(H,90,91)(H,102,103)(H4,70,71,74)(H4,72,73,75). The Morgan fingerprint density at radius 2 is 0.798 bits per heavy atom. The minimum absolute atomic E-state index is 0.00259. The number of hydrogen-bond acceptors (Lipinski definition) is 21. The van der Waals surface area contributed by atoms with Crippen molar-refractivity contribution in [3.05, 3.63) is 59.7 Å². The van der Waals surface area contributed by atoms with Crippen LogP contribution >= 0.6 is 11.8 Å². The number of aliphatic imine (C=N–C) groups is 2. The van der Waals surface area contributed by atoms with Gasteiger partial charge < -0.3 is 119 Å². The maximum Gasteiger partial charge on any atom is 0.326 e. The molecule has 11 atom stereocenters. The van der Waals surface area contributed by atoms with Crippen LogP contribution in [0.1, 0.15) is 122 Å². The number of phenolic OH excluding ortho intramolecular Hbond substituents is 2. The number of benzene rings is 2. The molecule has 0 bridgehead atoms. The molecule has 0 spiro atoms. The monoisotopic (exact) mass is 1480 g/mol. The molecule has 0 saturated carbocycles. The molecule has 104 heavy (non-hydrogen) atoms. The smallest absolute Gasteiger partial charge is 0.326 e. The van der Waals surface area contributed by atoms with E-state index in [2.05, 4.69) is 63.2 Å². The van der Waals surface area contributed by atoms with Gasteiger partial charge in [-0.2, -0.15) is 11.8 Å². The normalized spacial score (nSPS) is 14.2. The van der Waals surface area contributed by atoms with Crippen LogP contribution in [0.3, 0.4) is 0 Å². The summed E-state index contributed by atoms with van der Waals surface area (Å²) >= 11 is 1.29. The molecular formula is C65H104N20O18S. The molecule has 578 valence electrons. The van der Waals surface area contributed by atoms with Gasteiger partial charge in [0.25, 0.3) is 0 Å². The van der Waals surface area contributed by atoms with E-state index in [1.54, 1.807) is 20.1 Å². The van der Waals surface area contributed by atoms with Crippen LogP contribution < -0.4 is 99.0 Å². The summed E-state index contributed by atoms with van der Waals surface area (Å²) in [6.07, 6.45) is -1.58. The maximum absolute atomic E-state index is 14.7. The van der Waals surface area contributed by atoms with Gasteiger partial charge in [0.15, 0.2) is 11.9 Å². The minimum atomic E-state index is -1.90. The third-order valence-electron chi connectivity index (χ3n) is 15.7. The Morgan fingerprint density at radius 3 is 1.17 bits per heavy atom. The number of carboxylic acid groups (broad SMARTS) is 2. The summed E-state index contributed by atoms with van der Waals surface area (Å²) in [5, 5.41) is 64.5. The second-order valence-electron chi connectivity index (χ2n) is 25.3. The number of nitrogens with two attached hydrogens (primary N) is 8. The molecule has 2 rings (SSSR count). The van der Waals surface area contributed by atoms with Crippen LogP contribution in [0, 0.1) is 11.8 Å². The molecule has 39 heteroatoms. The van der Waals surface area contributed by atoms with Crippen molar-refractivity contribution in [2.45, 2.75) is 190 Å². The van der Waals surface area contributed by atoms with E-state index in [0.29, 0.717) is 17.5 Å². The first-order chi connectivity index (χ1) is 48.9. The van der Waals surface area contributed by atoms with E-state index in [-0.39, 0.29) is 119 Å². The van der Waals surface area contributed by atoms with Crippen LogP contribution in [0.5, 0.6) is 11.5 Å². The molecule has 0 heterocycles. The molecule has 38 nitrogen and oxygen atoms in total. The van der Waals surface area contributed by atoms with Gasteiger partial charge in [0.1, 0.15) is 71.9 Å². The highest BCUT2D eigenvalue weighted by Gasteiger charge is 2.38. The zero-order valence-corrected chi connectivity index (χ0v) is 59.8. The molecule has 0 fully saturated rings. The lowest BCUT2D eigenvalue weighted by molar-refractivity contribution is -0.143. The van der Waals surface area contributed by atoms with Crippen LogP contribution in [-0.2, 0) is 80.0 Å². The summed E-state index contributed by atoms with van der Waals surface area (Å²) in [5.41, 5.74) is 45.7. The minimum Gasteiger partial charge on any atom is -0.508 e. The lowest BCUT2D eigenvalue weighted by atomic mass is 9.99. The summed E-state index contributed by atoms with van der Waals surface area (Å²) in [4.78, 5) is 199. The maximum atomic E-state index is 14.7. The second kappa shape index (κ2) is 46.8. The highest BCUT2D eigenvalue weighted by Crippen LogP contribution is 2.17. The molecule has 0 aliphatic carbocycles. The van der Waals surface area contributed by atoms with Crippen molar-refractivity contribution in [1.29, 1.82) is 0 Å². The first kappa shape index (κ1) is 89.5. The molecule has 2 aromatic carbocycles. The number of carbonyl (C=O) groups excluding carboxylic acids is 12.